The highest BCUT2D eigenvalue weighted by Gasteiger charge is 2.24. The van der Waals surface area contributed by atoms with Gasteiger partial charge in [0.25, 0.3) is 0 Å². The van der Waals surface area contributed by atoms with Gasteiger partial charge in [0.1, 0.15) is 7.11 Å². The van der Waals surface area contributed by atoms with E-state index >= 15 is 0 Å². The van der Waals surface area contributed by atoms with Gasteiger partial charge in [-0.1, -0.05) is 35.3 Å². The van der Waals surface area contributed by atoms with E-state index in [0.717, 1.165) is 35.4 Å². The molecule has 0 amide bonds. The van der Waals surface area contributed by atoms with Crippen LogP contribution in [-0.2, 0) is 11.3 Å². The smallest absolute Gasteiger partial charge is 0.106 e. The zero-order chi connectivity index (χ0) is 15.7. The summed E-state index contributed by atoms with van der Waals surface area (Å²) in [5.41, 5.74) is 4.34. The maximum Gasteiger partial charge on any atom is 0.106 e. The van der Waals surface area contributed by atoms with Crippen molar-refractivity contribution in [3.8, 4) is 11.3 Å². The molecule has 1 aliphatic rings. The normalized spacial score (nSPS) is 19.1. The maximum atomic E-state index is 6.26. The number of rotatable bonds is 2. The minimum Gasteiger partial charge on any atom is -0.399 e. The summed E-state index contributed by atoms with van der Waals surface area (Å²) in [5, 5.41) is 14.0. The predicted octanol–water partition coefficient (Wildman–Crippen LogP) is 4.38. The molecular formula is C16H15Cl2N3O. The van der Waals surface area contributed by atoms with E-state index in [9.17, 15) is 0 Å². The third-order valence-corrected chi connectivity index (χ3v) is 4.22. The molecule has 0 bridgehead atoms. The molecule has 0 aliphatic heterocycles. The number of nitrogens with zero attached hydrogens (tertiary/aromatic N) is 3. The zero-order valence-electron chi connectivity index (χ0n) is 12.3. The van der Waals surface area contributed by atoms with Crippen molar-refractivity contribution in [2.24, 2.45) is 11.1 Å². The molecule has 3 rings (SSSR count). The van der Waals surface area contributed by atoms with Crippen molar-refractivity contribution in [1.29, 1.82) is 0 Å². The number of aromatic nitrogens is 2. The number of oxime groups is 1. The average molecular weight is 336 g/mol. The summed E-state index contributed by atoms with van der Waals surface area (Å²) in [6.45, 7) is 2.17. The fraction of sp³-hybridized carbons (Fsp3) is 0.312. The zero-order valence-corrected chi connectivity index (χ0v) is 13.8. The summed E-state index contributed by atoms with van der Waals surface area (Å²) in [6, 6.07) is 7.31. The second-order valence-corrected chi connectivity index (χ2v) is 6.29. The largest absolute Gasteiger partial charge is 0.399 e. The Hall–Kier alpha value is -1.65. The van der Waals surface area contributed by atoms with Crippen LogP contribution in [0.1, 0.15) is 24.6 Å². The van der Waals surface area contributed by atoms with Gasteiger partial charge in [0.2, 0.25) is 0 Å². The molecule has 1 aliphatic carbocycles. The van der Waals surface area contributed by atoms with Gasteiger partial charge in [-0.05, 0) is 43.0 Å². The Labute approximate surface area is 139 Å². The number of benzene rings is 1. The van der Waals surface area contributed by atoms with Crippen LogP contribution in [0.4, 0.5) is 0 Å². The first-order valence-corrected chi connectivity index (χ1v) is 7.76. The van der Waals surface area contributed by atoms with Crippen LogP contribution >= 0.6 is 23.2 Å². The minimum absolute atomic E-state index is 0.473. The predicted molar refractivity (Wildman–Crippen MR) is 88.5 cm³/mol. The minimum atomic E-state index is 0.473. The van der Waals surface area contributed by atoms with Crippen LogP contribution in [0.25, 0.3) is 11.3 Å². The van der Waals surface area contributed by atoms with Gasteiger partial charge < -0.3 is 4.84 Å². The van der Waals surface area contributed by atoms with Gasteiger partial charge in [0, 0.05) is 16.1 Å². The second-order valence-electron chi connectivity index (χ2n) is 5.45. The summed E-state index contributed by atoms with van der Waals surface area (Å²) in [5.74, 6) is 0.473. The van der Waals surface area contributed by atoms with E-state index in [-0.39, 0.29) is 0 Å². The standard InChI is InChI=1S/C16H15Cl2N3O/c1-9-5-14-12(16(6-9)21-22-2)8-15(20-19-14)11-4-3-10(17)7-13(11)18/h3-4,7-9H,5-6H2,1-2H3. The summed E-state index contributed by atoms with van der Waals surface area (Å²) in [6.07, 6.45) is 1.75. The Balaban J connectivity index is 2.10. The number of hydrogen-bond donors (Lipinski definition) is 0. The van der Waals surface area contributed by atoms with Crippen LogP contribution in [0.15, 0.2) is 29.4 Å². The van der Waals surface area contributed by atoms with Crippen LogP contribution in [0.5, 0.6) is 0 Å². The monoisotopic (exact) mass is 335 g/mol. The molecule has 0 N–H and O–H groups in total. The molecule has 2 aromatic rings. The molecule has 0 radical (unpaired) electrons. The fourth-order valence-corrected chi connectivity index (χ4v) is 3.19. The molecule has 0 saturated heterocycles. The molecule has 6 heteroatoms. The number of hydrogen-bond acceptors (Lipinski definition) is 4. The second kappa shape index (κ2) is 6.23. The highest BCUT2D eigenvalue weighted by atomic mass is 35.5. The van der Waals surface area contributed by atoms with Gasteiger partial charge in [-0.25, -0.2) is 0 Å². The Morgan fingerprint density at radius 1 is 1.14 bits per heavy atom. The van der Waals surface area contributed by atoms with E-state index < -0.39 is 0 Å². The molecule has 22 heavy (non-hydrogen) atoms. The molecule has 4 nitrogen and oxygen atoms in total. The van der Waals surface area contributed by atoms with E-state index in [1.54, 1.807) is 19.2 Å². The van der Waals surface area contributed by atoms with Crippen molar-refractivity contribution >= 4 is 28.9 Å². The summed E-state index contributed by atoms with van der Waals surface area (Å²) < 4.78 is 0. The lowest BCUT2D eigenvalue weighted by molar-refractivity contribution is 0.212. The van der Waals surface area contributed by atoms with Crippen molar-refractivity contribution in [3.63, 3.8) is 0 Å². The number of halogens is 2. The molecule has 1 aromatic carbocycles. The van der Waals surface area contributed by atoms with Crippen molar-refractivity contribution in [2.45, 2.75) is 19.8 Å². The molecule has 0 fully saturated rings. The quantitative estimate of drug-likeness (QED) is 0.765. The van der Waals surface area contributed by atoms with Gasteiger partial charge >= 0.3 is 0 Å². The van der Waals surface area contributed by atoms with Crippen molar-refractivity contribution in [1.82, 2.24) is 10.2 Å². The van der Waals surface area contributed by atoms with Crippen molar-refractivity contribution in [2.75, 3.05) is 7.11 Å². The van der Waals surface area contributed by atoms with E-state index in [1.807, 2.05) is 12.1 Å². The summed E-state index contributed by atoms with van der Waals surface area (Å²) in [7, 11) is 1.55. The molecule has 0 saturated carbocycles. The molecule has 1 atom stereocenters. The molecule has 0 spiro atoms. The van der Waals surface area contributed by atoms with Gasteiger partial charge in [-0.15, -0.1) is 0 Å². The molecule has 1 unspecified atom stereocenters. The van der Waals surface area contributed by atoms with Gasteiger partial charge in [-0.2, -0.15) is 10.2 Å². The highest BCUT2D eigenvalue weighted by molar-refractivity contribution is 6.36. The van der Waals surface area contributed by atoms with Crippen LogP contribution in [0.2, 0.25) is 10.0 Å². The van der Waals surface area contributed by atoms with Crippen LogP contribution in [-0.4, -0.2) is 23.0 Å². The maximum absolute atomic E-state index is 6.26. The first-order valence-electron chi connectivity index (χ1n) is 7.01. The third kappa shape index (κ3) is 2.94. The van der Waals surface area contributed by atoms with Crippen molar-refractivity contribution < 1.29 is 4.84 Å². The lowest BCUT2D eigenvalue weighted by Gasteiger charge is -2.21. The lowest BCUT2D eigenvalue weighted by Crippen LogP contribution is -2.21. The fourth-order valence-electron chi connectivity index (χ4n) is 2.69. The van der Waals surface area contributed by atoms with E-state index in [0.29, 0.717) is 21.7 Å². The van der Waals surface area contributed by atoms with Crippen molar-refractivity contribution in [3.05, 3.63) is 45.6 Å². The van der Waals surface area contributed by atoms with Gasteiger partial charge in [0.05, 0.1) is 22.1 Å². The lowest BCUT2D eigenvalue weighted by atomic mass is 9.86. The summed E-state index contributed by atoms with van der Waals surface area (Å²) >= 11 is 12.2. The topological polar surface area (TPSA) is 47.4 Å². The van der Waals surface area contributed by atoms with Gasteiger partial charge in [0.15, 0.2) is 0 Å². The van der Waals surface area contributed by atoms with Gasteiger partial charge in [-0.3, -0.25) is 0 Å². The average Bonchev–Trinajstić information content (AvgIpc) is 2.47. The molecule has 114 valence electrons. The molecule has 1 heterocycles. The third-order valence-electron chi connectivity index (χ3n) is 3.67. The Morgan fingerprint density at radius 2 is 1.95 bits per heavy atom. The SMILES string of the molecule is CON=C1CC(C)Cc2nnc(-c3ccc(Cl)cc3Cl)cc21. The molecular weight excluding hydrogens is 321 g/mol. The number of fused-ring (bicyclic) bond motifs is 1. The molecule has 1 aromatic heterocycles. The van der Waals surface area contributed by atoms with E-state index in [4.69, 9.17) is 28.0 Å². The first-order chi connectivity index (χ1) is 10.6. The highest BCUT2D eigenvalue weighted by Crippen LogP contribution is 2.32. The Morgan fingerprint density at radius 3 is 2.68 bits per heavy atom. The Bertz CT molecular complexity index is 746. The first kappa shape index (κ1) is 15.3. The van der Waals surface area contributed by atoms with Crippen LogP contribution < -0.4 is 0 Å². The van der Waals surface area contributed by atoms with Crippen LogP contribution in [0.3, 0.4) is 0 Å². The summed E-state index contributed by atoms with van der Waals surface area (Å²) in [4.78, 5) is 4.97. The van der Waals surface area contributed by atoms with E-state index in [2.05, 4.69) is 22.3 Å². The Kier molecular flexibility index (Phi) is 4.32. The van der Waals surface area contributed by atoms with E-state index in [1.165, 1.54) is 0 Å². The van der Waals surface area contributed by atoms with Crippen LogP contribution in [0, 0.1) is 5.92 Å².